The fourth-order valence-electron chi connectivity index (χ4n) is 2.70. The van der Waals surface area contributed by atoms with Crippen molar-refractivity contribution in [3.05, 3.63) is 36.2 Å². The molecule has 0 aliphatic heterocycles. The van der Waals surface area contributed by atoms with E-state index in [1.807, 2.05) is 17.8 Å². The Morgan fingerprint density at radius 1 is 1.43 bits per heavy atom. The smallest absolute Gasteiger partial charge is 0.143 e. The predicted molar refractivity (Wildman–Crippen MR) is 85.7 cm³/mol. The summed E-state index contributed by atoms with van der Waals surface area (Å²) in [6.45, 7) is 3.29. The van der Waals surface area contributed by atoms with E-state index in [0.717, 1.165) is 12.2 Å². The van der Waals surface area contributed by atoms with Gasteiger partial charge in [-0.25, -0.2) is 4.68 Å². The largest absolute Gasteiger partial charge is 0.309 e. The van der Waals surface area contributed by atoms with Crippen molar-refractivity contribution in [2.45, 2.75) is 37.0 Å². The first-order valence-corrected chi connectivity index (χ1v) is 8.57. The average molecular weight is 303 g/mol. The number of nitrogens with one attached hydrogen (secondary N) is 1. The molecule has 1 unspecified atom stereocenters. The van der Waals surface area contributed by atoms with E-state index in [9.17, 15) is 0 Å². The third-order valence-corrected chi connectivity index (χ3v) is 5.83. The summed E-state index contributed by atoms with van der Waals surface area (Å²) >= 11 is 2.00. The number of rotatable bonds is 6. The molecule has 1 fully saturated rings. The molecule has 21 heavy (non-hydrogen) atoms. The van der Waals surface area contributed by atoms with E-state index < -0.39 is 0 Å². The molecule has 5 nitrogen and oxygen atoms in total. The predicted octanol–water partition coefficient (Wildman–Crippen LogP) is 2.60. The second kappa shape index (κ2) is 6.15. The van der Waals surface area contributed by atoms with Gasteiger partial charge in [-0.2, -0.15) is 11.8 Å². The molecule has 0 spiro atoms. The van der Waals surface area contributed by atoms with Crippen molar-refractivity contribution >= 4 is 11.8 Å². The van der Waals surface area contributed by atoms with Gasteiger partial charge in [-0.1, -0.05) is 18.6 Å². The van der Waals surface area contributed by atoms with Gasteiger partial charge in [0.05, 0.1) is 5.69 Å². The summed E-state index contributed by atoms with van der Waals surface area (Å²) in [5.74, 6) is 0. The highest BCUT2D eigenvalue weighted by molar-refractivity contribution is 8.00. The lowest BCUT2D eigenvalue weighted by Crippen LogP contribution is -2.44. The van der Waals surface area contributed by atoms with Crippen LogP contribution in [0.1, 0.15) is 37.8 Å². The molecule has 0 bridgehead atoms. The molecule has 6 heteroatoms. The molecule has 0 radical (unpaired) electrons. The summed E-state index contributed by atoms with van der Waals surface area (Å²) in [6, 6.07) is 8.68. The van der Waals surface area contributed by atoms with Crippen LogP contribution in [0.15, 0.2) is 30.6 Å². The van der Waals surface area contributed by atoms with Gasteiger partial charge in [0.25, 0.3) is 0 Å². The third-order valence-electron chi connectivity index (χ3n) is 4.41. The van der Waals surface area contributed by atoms with E-state index in [1.165, 1.54) is 24.8 Å². The Balaban J connectivity index is 1.67. The lowest BCUT2D eigenvalue weighted by atomic mass is 9.84. The van der Waals surface area contributed by atoms with Gasteiger partial charge in [0.1, 0.15) is 6.33 Å². The minimum absolute atomic E-state index is 0.325. The fourth-order valence-corrected chi connectivity index (χ4v) is 3.62. The van der Waals surface area contributed by atoms with Crippen molar-refractivity contribution in [2.75, 3.05) is 12.8 Å². The van der Waals surface area contributed by atoms with Gasteiger partial charge in [-0.05, 0) is 54.1 Å². The van der Waals surface area contributed by atoms with Crippen molar-refractivity contribution in [2.24, 2.45) is 0 Å². The maximum absolute atomic E-state index is 3.94. The molecule has 1 N–H and O–H groups in total. The van der Waals surface area contributed by atoms with Crippen LogP contribution in [0.4, 0.5) is 0 Å². The summed E-state index contributed by atoms with van der Waals surface area (Å²) in [6.07, 6.45) is 7.88. The maximum atomic E-state index is 3.94. The molecule has 1 aromatic heterocycles. The molecule has 1 saturated carbocycles. The van der Waals surface area contributed by atoms with Crippen LogP contribution in [0, 0.1) is 0 Å². The summed E-state index contributed by atoms with van der Waals surface area (Å²) in [7, 11) is 0. The van der Waals surface area contributed by atoms with Crippen LogP contribution >= 0.6 is 11.8 Å². The number of thioether (sulfide) groups is 1. The molecular weight excluding hydrogens is 282 g/mol. The minimum atomic E-state index is 0.325. The molecule has 1 aliphatic carbocycles. The Labute approximate surface area is 129 Å². The summed E-state index contributed by atoms with van der Waals surface area (Å²) < 4.78 is 2.15. The Kier molecular flexibility index (Phi) is 4.26. The lowest BCUT2D eigenvalue weighted by molar-refractivity contribution is 0.334. The average Bonchev–Trinajstić information content (AvgIpc) is 3.01. The quantitative estimate of drug-likeness (QED) is 0.889. The zero-order valence-corrected chi connectivity index (χ0v) is 13.3. The normalized spacial score (nSPS) is 18.2. The third kappa shape index (κ3) is 3.11. The van der Waals surface area contributed by atoms with E-state index in [0.29, 0.717) is 10.8 Å². The molecule has 112 valence electrons. The van der Waals surface area contributed by atoms with Crippen LogP contribution in [0.3, 0.4) is 0 Å². The van der Waals surface area contributed by atoms with Crippen LogP contribution in [0.5, 0.6) is 0 Å². The number of aromatic nitrogens is 4. The Bertz CT molecular complexity index is 574. The molecule has 1 atom stereocenters. The van der Waals surface area contributed by atoms with Gasteiger partial charge >= 0.3 is 0 Å². The fraction of sp³-hybridized carbons (Fsp3) is 0.533. The first-order valence-electron chi connectivity index (χ1n) is 7.34. The van der Waals surface area contributed by atoms with Gasteiger partial charge in [0, 0.05) is 17.3 Å². The van der Waals surface area contributed by atoms with Gasteiger partial charge in [0.2, 0.25) is 0 Å². The first-order chi connectivity index (χ1) is 10.2. The standard InChI is InChI=1S/C15H21N5S/c1-12(16-10-15(21-2)7-4-8-15)13-5-3-6-14(9-13)20-11-17-18-19-20/h3,5-6,9,11-12,16H,4,7-8,10H2,1-2H3. The lowest BCUT2D eigenvalue weighted by Gasteiger charge is -2.41. The molecule has 2 aromatic rings. The maximum Gasteiger partial charge on any atom is 0.143 e. The zero-order chi connectivity index (χ0) is 14.7. The van der Waals surface area contributed by atoms with E-state index in [2.05, 4.69) is 52.2 Å². The Morgan fingerprint density at radius 3 is 2.90 bits per heavy atom. The number of nitrogens with zero attached hydrogens (tertiary/aromatic N) is 4. The van der Waals surface area contributed by atoms with Crippen LogP contribution in [0.25, 0.3) is 5.69 Å². The summed E-state index contributed by atoms with van der Waals surface area (Å²) in [5, 5.41) is 15.0. The molecule has 0 saturated heterocycles. The molecule has 0 amide bonds. The topological polar surface area (TPSA) is 55.6 Å². The van der Waals surface area contributed by atoms with Crippen molar-refractivity contribution in [3.8, 4) is 5.69 Å². The molecule has 3 rings (SSSR count). The van der Waals surface area contributed by atoms with Gasteiger partial charge in [0.15, 0.2) is 0 Å². The van der Waals surface area contributed by atoms with E-state index in [4.69, 9.17) is 0 Å². The van der Waals surface area contributed by atoms with Gasteiger partial charge in [-0.3, -0.25) is 0 Å². The van der Waals surface area contributed by atoms with Crippen LogP contribution < -0.4 is 5.32 Å². The van der Waals surface area contributed by atoms with Crippen LogP contribution in [0.2, 0.25) is 0 Å². The summed E-state index contributed by atoms with van der Waals surface area (Å²) in [5.41, 5.74) is 2.26. The highest BCUT2D eigenvalue weighted by atomic mass is 32.2. The summed E-state index contributed by atoms with van der Waals surface area (Å²) in [4.78, 5) is 0. The molecule has 1 aliphatic rings. The van der Waals surface area contributed by atoms with Crippen LogP contribution in [-0.2, 0) is 0 Å². The molecule has 1 aromatic carbocycles. The SMILES string of the molecule is CSC1(CNC(C)c2cccc(-n3cnnn3)c2)CCC1. The minimum Gasteiger partial charge on any atom is -0.309 e. The van der Waals surface area contributed by atoms with Crippen molar-refractivity contribution < 1.29 is 0 Å². The number of hydrogen-bond acceptors (Lipinski definition) is 5. The zero-order valence-electron chi connectivity index (χ0n) is 12.5. The first kappa shape index (κ1) is 14.5. The van der Waals surface area contributed by atoms with Crippen LogP contribution in [-0.4, -0.2) is 37.8 Å². The number of hydrogen-bond donors (Lipinski definition) is 1. The monoisotopic (exact) mass is 303 g/mol. The Hall–Kier alpha value is -1.40. The number of tetrazole rings is 1. The van der Waals surface area contributed by atoms with Crippen molar-refractivity contribution in [1.29, 1.82) is 0 Å². The van der Waals surface area contributed by atoms with Crippen molar-refractivity contribution in [3.63, 3.8) is 0 Å². The Morgan fingerprint density at radius 2 is 2.29 bits per heavy atom. The van der Waals surface area contributed by atoms with E-state index in [1.54, 1.807) is 11.0 Å². The van der Waals surface area contributed by atoms with E-state index >= 15 is 0 Å². The second-order valence-electron chi connectivity index (χ2n) is 5.69. The molecular formula is C15H21N5S. The molecule has 1 heterocycles. The number of benzene rings is 1. The highest BCUT2D eigenvalue weighted by Crippen LogP contribution is 2.42. The van der Waals surface area contributed by atoms with Gasteiger partial charge in [-0.15, -0.1) is 5.10 Å². The highest BCUT2D eigenvalue weighted by Gasteiger charge is 2.35. The van der Waals surface area contributed by atoms with Gasteiger partial charge < -0.3 is 5.32 Å². The van der Waals surface area contributed by atoms with Crippen molar-refractivity contribution in [1.82, 2.24) is 25.5 Å². The second-order valence-corrected chi connectivity index (χ2v) is 6.97. The van der Waals surface area contributed by atoms with E-state index in [-0.39, 0.29) is 0 Å².